The number of amides is 3. The maximum absolute atomic E-state index is 13.0. The topological polar surface area (TPSA) is 94.2 Å². The Bertz CT molecular complexity index is 1410. The highest BCUT2D eigenvalue weighted by Crippen LogP contribution is 2.37. The van der Waals surface area contributed by atoms with Crippen molar-refractivity contribution >= 4 is 74.8 Å². The number of hydrogen-bond acceptors (Lipinski definition) is 7. The molecule has 1 aliphatic heterocycles. The van der Waals surface area contributed by atoms with Gasteiger partial charge in [0.25, 0.3) is 11.1 Å². The first-order valence-corrected chi connectivity index (χ1v) is 14.1. The first kappa shape index (κ1) is 28.8. The van der Waals surface area contributed by atoms with E-state index in [2.05, 4.69) is 27.9 Å². The molecule has 1 aliphatic rings. The average Bonchev–Trinajstić information content (AvgIpc) is 3.17. The second kappa shape index (κ2) is 13.2. The van der Waals surface area contributed by atoms with Crippen molar-refractivity contribution in [3.05, 3.63) is 85.3 Å². The van der Waals surface area contributed by atoms with Crippen LogP contribution in [0.25, 0.3) is 6.08 Å². The van der Waals surface area contributed by atoms with E-state index < -0.39 is 23.6 Å². The lowest BCUT2D eigenvalue weighted by Gasteiger charge is -2.14. The third kappa shape index (κ3) is 7.46. The summed E-state index contributed by atoms with van der Waals surface area (Å²) in [6.07, 6.45) is 1.60. The van der Waals surface area contributed by atoms with Gasteiger partial charge in [-0.05, 0) is 107 Å². The molecule has 202 valence electrons. The van der Waals surface area contributed by atoms with Gasteiger partial charge in [0.15, 0.2) is 11.5 Å². The zero-order valence-corrected chi connectivity index (χ0v) is 24.8. The van der Waals surface area contributed by atoms with Crippen LogP contribution in [-0.2, 0) is 16.2 Å². The van der Waals surface area contributed by atoms with Gasteiger partial charge < -0.3 is 19.5 Å². The summed E-state index contributed by atoms with van der Waals surface area (Å²) in [7, 11) is 1.53. The van der Waals surface area contributed by atoms with Crippen molar-refractivity contribution in [3.8, 4) is 17.2 Å². The third-order valence-electron chi connectivity index (χ3n) is 5.47. The fraction of sp³-hybridized carbons (Fsp3) is 0.179. The smallest absolute Gasteiger partial charge is 0.294 e. The Labute approximate surface area is 248 Å². The summed E-state index contributed by atoms with van der Waals surface area (Å²) in [4.78, 5) is 39.2. The Morgan fingerprint density at radius 1 is 1.08 bits per heavy atom. The van der Waals surface area contributed by atoms with Gasteiger partial charge in [-0.1, -0.05) is 23.7 Å². The van der Waals surface area contributed by atoms with Crippen LogP contribution in [0.2, 0.25) is 5.02 Å². The van der Waals surface area contributed by atoms with Crippen LogP contribution in [0.15, 0.2) is 65.6 Å². The lowest BCUT2D eigenvalue weighted by atomic mass is 10.1. The predicted octanol–water partition coefficient (Wildman–Crippen LogP) is 6.61. The number of carbonyl (C=O) groups excluding carboxylic acids is 3. The fourth-order valence-electron chi connectivity index (χ4n) is 3.63. The van der Waals surface area contributed by atoms with Gasteiger partial charge in [0.2, 0.25) is 5.91 Å². The highest BCUT2D eigenvalue weighted by atomic mass is 127. The number of rotatable bonds is 10. The molecule has 0 atom stereocenters. The lowest BCUT2D eigenvalue weighted by molar-refractivity contribution is -0.127. The van der Waals surface area contributed by atoms with E-state index in [0.717, 1.165) is 25.8 Å². The van der Waals surface area contributed by atoms with Crippen LogP contribution in [-0.4, -0.2) is 42.2 Å². The second-order valence-electron chi connectivity index (χ2n) is 8.22. The summed E-state index contributed by atoms with van der Waals surface area (Å²) < 4.78 is 17.7. The lowest BCUT2D eigenvalue weighted by Crippen LogP contribution is -2.36. The molecule has 0 aliphatic carbocycles. The maximum Gasteiger partial charge on any atom is 0.294 e. The molecule has 11 heteroatoms. The zero-order chi connectivity index (χ0) is 27.9. The van der Waals surface area contributed by atoms with Gasteiger partial charge in [0.1, 0.15) is 18.9 Å². The van der Waals surface area contributed by atoms with Crippen LogP contribution in [0.1, 0.15) is 18.1 Å². The Morgan fingerprint density at radius 3 is 2.46 bits per heavy atom. The van der Waals surface area contributed by atoms with Crippen LogP contribution in [0.3, 0.4) is 0 Å². The van der Waals surface area contributed by atoms with Gasteiger partial charge in [0.05, 0.1) is 22.2 Å². The van der Waals surface area contributed by atoms with Crippen molar-refractivity contribution in [1.29, 1.82) is 0 Å². The Kier molecular flexibility index (Phi) is 9.76. The standard InChI is InChI=1S/C28H24ClIN2O6S/c1-3-37-21-10-8-20(9-11-21)31-25(33)15-32-27(34)24(39-28(32)35)14-18-12-22(30)26(23(13-18)36-2)38-16-17-4-6-19(29)7-5-17/h4-14H,3,15-16H2,1-2H3,(H,31,33)/b24-14-. The number of nitrogens with one attached hydrogen (secondary N) is 1. The van der Waals surface area contributed by atoms with Crippen LogP contribution in [0.5, 0.6) is 17.2 Å². The highest BCUT2D eigenvalue weighted by Gasteiger charge is 2.36. The summed E-state index contributed by atoms with van der Waals surface area (Å²) >= 11 is 8.86. The van der Waals surface area contributed by atoms with Crippen molar-refractivity contribution in [3.63, 3.8) is 0 Å². The van der Waals surface area contributed by atoms with E-state index in [9.17, 15) is 14.4 Å². The molecule has 1 N–H and O–H groups in total. The van der Waals surface area contributed by atoms with Gasteiger partial charge in [0, 0.05) is 10.7 Å². The minimum atomic E-state index is -0.538. The number of carbonyl (C=O) groups is 3. The molecular weight excluding hydrogens is 655 g/mol. The van der Waals surface area contributed by atoms with Crippen molar-refractivity contribution in [2.45, 2.75) is 13.5 Å². The number of methoxy groups -OCH3 is 1. The molecule has 39 heavy (non-hydrogen) atoms. The Hall–Kier alpha value is -3.22. The molecular formula is C28H24ClIN2O6S. The van der Waals surface area contributed by atoms with Crippen molar-refractivity contribution in [2.24, 2.45) is 0 Å². The number of nitrogens with zero attached hydrogens (tertiary/aromatic N) is 1. The van der Waals surface area contributed by atoms with E-state index >= 15 is 0 Å². The minimum absolute atomic E-state index is 0.210. The Morgan fingerprint density at radius 2 is 1.79 bits per heavy atom. The normalized spacial score (nSPS) is 14.1. The van der Waals surface area contributed by atoms with E-state index in [-0.39, 0.29) is 4.91 Å². The van der Waals surface area contributed by atoms with Crippen LogP contribution in [0.4, 0.5) is 10.5 Å². The number of imide groups is 1. The highest BCUT2D eigenvalue weighted by molar-refractivity contribution is 14.1. The molecule has 0 aromatic heterocycles. The Balaban J connectivity index is 1.43. The first-order chi connectivity index (χ1) is 18.8. The molecule has 0 unspecified atom stereocenters. The summed E-state index contributed by atoms with van der Waals surface area (Å²) in [5.74, 6) is 0.698. The van der Waals surface area contributed by atoms with Crippen LogP contribution >= 0.6 is 46.0 Å². The second-order valence-corrected chi connectivity index (χ2v) is 10.8. The van der Waals surface area contributed by atoms with E-state index in [0.29, 0.717) is 46.7 Å². The third-order valence-corrected chi connectivity index (χ3v) is 7.43. The van der Waals surface area contributed by atoms with E-state index in [4.69, 9.17) is 25.8 Å². The molecule has 0 bridgehead atoms. The monoisotopic (exact) mass is 678 g/mol. The molecule has 0 radical (unpaired) electrons. The van der Waals surface area contributed by atoms with Gasteiger partial charge in [-0.2, -0.15) is 0 Å². The van der Waals surface area contributed by atoms with E-state index in [1.165, 1.54) is 7.11 Å². The minimum Gasteiger partial charge on any atom is -0.494 e. The molecule has 3 aromatic rings. The number of benzene rings is 3. The van der Waals surface area contributed by atoms with Gasteiger partial charge in [-0.25, -0.2) is 0 Å². The van der Waals surface area contributed by atoms with Gasteiger partial charge in [-0.15, -0.1) is 0 Å². The number of thioether (sulfide) groups is 1. The maximum atomic E-state index is 13.0. The molecule has 8 nitrogen and oxygen atoms in total. The van der Waals surface area contributed by atoms with Crippen molar-refractivity contribution in [2.75, 3.05) is 25.6 Å². The molecule has 4 rings (SSSR count). The predicted molar refractivity (Wildman–Crippen MR) is 160 cm³/mol. The summed E-state index contributed by atoms with van der Waals surface area (Å²) in [6.45, 7) is 2.34. The summed E-state index contributed by atoms with van der Waals surface area (Å²) in [5, 5.41) is 2.82. The summed E-state index contributed by atoms with van der Waals surface area (Å²) in [5.41, 5.74) is 2.13. The molecule has 0 spiro atoms. The average molecular weight is 679 g/mol. The molecule has 3 amide bonds. The van der Waals surface area contributed by atoms with E-state index in [1.54, 1.807) is 48.5 Å². The van der Waals surface area contributed by atoms with Gasteiger partial charge >= 0.3 is 0 Å². The van der Waals surface area contributed by atoms with E-state index in [1.807, 2.05) is 25.1 Å². The molecule has 1 saturated heterocycles. The largest absolute Gasteiger partial charge is 0.494 e. The zero-order valence-electron chi connectivity index (χ0n) is 21.0. The van der Waals surface area contributed by atoms with Crippen LogP contribution < -0.4 is 19.5 Å². The fourth-order valence-corrected chi connectivity index (χ4v) is 5.38. The van der Waals surface area contributed by atoms with Gasteiger partial charge in [-0.3, -0.25) is 19.3 Å². The quantitative estimate of drug-likeness (QED) is 0.191. The molecule has 0 saturated carbocycles. The number of anilines is 1. The number of ether oxygens (including phenoxy) is 3. The molecule has 1 fully saturated rings. The van der Waals surface area contributed by atoms with Crippen molar-refractivity contribution in [1.82, 2.24) is 4.90 Å². The first-order valence-electron chi connectivity index (χ1n) is 11.8. The number of hydrogen-bond donors (Lipinski definition) is 1. The summed E-state index contributed by atoms with van der Waals surface area (Å²) in [6, 6.07) is 17.7. The molecule has 3 aromatic carbocycles. The van der Waals surface area contributed by atoms with Crippen molar-refractivity contribution < 1.29 is 28.6 Å². The van der Waals surface area contributed by atoms with Crippen LogP contribution in [0, 0.1) is 3.57 Å². The number of halogens is 2. The molecule has 1 heterocycles. The SMILES string of the molecule is CCOc1ccc(NC(=O)CN2C(=O)S/C(=C\c3cc(I)c(OCc4ccc(Cl)cc4)c(OC)c3)C2=O)cc1.